The number of carbonyl (C=O) groups excluding carboxylic acids is 1. The minimum absolute atomic E-state index is 0.169. The van der Waals surface area contributed by atoms with Crippen LogP contribution in [0.1, 0.15) is 30.9 Å². The molecular formula is C24H24N4O3S2. The van der Waals surface area contributed by atoms with Gasteiger partial charge in [-0.3, -0.25) is 18.9 Å². The molecule has 1 amide bonds. The molecule has 1 aromatic carbocycles. The third-order valence-electron chi connectivity index (χ3n) is 5.27. The Labute approximate surface area is 201 Å². The van der Waals surface area contributed by atoms with E-state index in [0.717, 1.165) is 24.2 Å². The number of thioether (sulfide) groups is 1. The minimum Gasteiger partial charge on any atom is -0.497 e. The molecule has 1 N–H and O–H groups in total. The van der Waals surface area contributed by atoms with E-state index in [1.54, 1.807) is 36.4 Å². The molecule has 1 aliphatic rings. The minimum atomic E-state index is -0.253. The molecule has 3 heterocycles. The maximum absolute atomic E-state index is 13.3. The van der Waals surface area contributed by atoms with Crippen molar-refractivity contribution in [1.29, 1.82) is 0 Å². The normalized spacial score (nSPS) is 15.0. The van der Waals surface area contributed by atoms with Gasteiger partial charge in [-0.25, -0.2) is 4.98 Å². The van der Waals surface area contributed by atoms with Crippen molar-refractivity contribution in [2.45, 2.75) is 26.3 Å². The second-order valence-electron chi connectivity index (χ2n) is 7.50. The van der Waals surface area contributed by atoms with Crippen molar-refractivity contribution in [2.75, 3.05) is 19.0 Å². The second kappa shape index (κ2) is 10.2. The number of nitrogens with one attached hydrogen (secondary N) is 1. The largest absolute Gasteiger partial charge is 0.497 e. The Morgan fingerprint density at radius 3 is 2.70 bits per heavy atom. The Hall–Kier alpha value is -3.17. The standard InChI is InChI=1S/C24H24N4O3S2/c1-3-4-12-28-23(30)19(33-24(28)32)14-18-21(25-15-16-8-10-17(31-2)11-9-16)26-20-7-5-6-13-27(20)22(18)29/h5-11,13-14,25H,3-4,12,15H2,1-2H3. The van der Waals surface area contributed by atoms with Crippen molar-refractivity contribution in [3.63, 3.8) is 0 Å². The summed E-state index contributed by atoms with van der Waals surface area (Å²) in [5.41, 5.74) is 1.59. The molecule has 4 rings (SSSR count). The van der Waals surface area contributed by atoms with Crippen LogP contribution in [0.3, 0.4) is 0 Å². The molecule has 0 aliphatic carbocycles. The van der Waals surface area contributed by atoms with Gasteiger partial charge in [0.15, 0.2) is 0 Å². The zero-order chi connectivity index (χ0) is 23.4. The van der Waals surface area contributed by atoms with E-state index in [9.17, 15) is 9.59 Å². The maximum atomic E-state index is 13.3. The molecule has 0 unspecified atom stereocenters. The van der Waals surface area contributed by atoms with Gasteiger partial charge in [0.2, 0.25) is 0 Å². The molecule has 0 saturated carbocycles. The van der Waals surface area contributed by atoms with Gasteiger partial charge in [0, 0.05) is 19.3 Å². The van der Waals surface area contributed by atoms with Crippen molar-refractivity contribution >= 4 is 51.7 Å². The number of methoxy groups -OCH3 is 1. The summed E-state index contributed by atoms with van der Waals surface area (Å²) in [7, 11) is 1.62. The Balaban J connectivity index is 1.71. The van der Waals surface area contributed by atoms with Gasteiger partial charge < -0.3 is 10.1 Å². The van der Waals surface area contributed by atoms with Crippen molar-refractivity contribution in [3.05, 3.63) is 75.0 Å². The van der Waals surface area contributed by atoms with E-state index in [1.807, 2.05) is 30.3 Å². The fourth-order valence-electron chi connectivity index (χ4n) is 3.44. The lowest BCUT2D eigenvalue weighted by Crippen LogP contribution is -2.29. The number of unbranched alkanes of at least 4 members (excludes halogenated alkanes) is 1. The number of aromatic nitrogens is 2. The number of carbonyl (C=O) groups is 1. The quantitative estimate of drug-likeness (QED) is 0.380. The number of hydrogen-bond donors (Lipinski definition) is 1. The number of anilines is 1. The highest BCUT2D eigenvalue weighted by molar-refractivity contribution is 8.26. The van der Waals surface area contributed by atoms with E-state index in [2.05, 4.69) is 17.2 Å². The number of fused-ring (bicyclic) bond motifs is 1. The van der Waals surface area contributed by atoms with E-state index in [-0.39, 0.29) is 11.5 Å². The lowest BCUT2D eigenvalue weighted by Gasteiger charge is -2.13. The molecule has 0 atom stereocenters. The summed E-state index contributed by atoms with van der Waals surface area (Å²) in [5.74, 6) is 1.02. The number of ether oxygens (including phenoxy) is 1. The van der Waals surface area contributed by atoms with Crippen molar-refractivity contribution in [2.24, 2.45) is 0 Å². The van der Waals surface area contributed by atoms with Gasteiger partial charge in [-0.05, 0) is 42.3 Å². The topological polar surface area (TPSA) is 75.9 Å². The highest BCUT2D eigenvalue weighted by atomic mass is 32.2. The third-order valence-corrected chi connectivity index (χ3v) is 6.65. The first kappa shape index (κ1) is 23.0. The number of amides is 1. The first-order valence-electron chi connectivity index (χ1n) is 10.7. The zero-order valence-electron chi connectivity index (χ0n) is 18.4. The van der Waals surface area contributed by atoms with Gasteiger partial charge in [0.05, 0.1) is 17.6 Å². The van der Waals surface area contributed by atoms with Gasteiger partial charge in [0.1, 0.15) is 21.5 Å². The number of rotatable bonds is 8. The van der Waals surface area contributed by atoms with Crippen LogP contribution in [0, 0.1) is 0 Å². The summed E-state index contributed by atoms with van der Waals surface area (Å²) in [6, 6.07) is 13.0. The van der Waals surface area contributed by atoms with Gasteiger partial charge in [-0.1, -0.05) is 55.5 Å². The fraction of sp³-hybridized carbons (Fsp3) is 0.250. The predicted octanol–water partition coefficient (Wildman–Crippen LogP) is 4.32. The number of benzene rings is 1. The molecule has 33 heavy (non-hydrogen) atoms. The Kier molecular flexibility index (Phi) is 7.10. The molecule has 0 radical (unpaired) electrons. The van der Waals surface area contributed by atoms with E-state index in [0.29, 0.717) is 39.3 Å². The highest BCUT2D eigenvalue weighted by Crippen LogP contribution is 2.33. The molecule has 2 aromatic heterocycles. The van der Waals surface area contributed by atoms with E-state index >= 15 is 0 Å². The van der Waals surface area contributed by atoms with Crippen molar-refractivity contribution in [3.8, 4) is 5.75 Å². The van der Waals surface area contributed by atoms with Crippen LogP contribution in [0.4, 0.5) is 5.82 Å². The summed E-state index contributed by atoms with van der Waals surface area (Å²) in [6.07, 6.45) is 5.11. The maximum Gasteiger partial charge on any atom is 0.267 e. The SMILES string of the molecule is CCCCN1C(=O)C(=Cc2c(NCc3ccc(OC)cc3)nc3ccccn3c2=O)SC1=S. The van der Waals surface area contributed by atoms with Crippen LogP contribution in [0.15, 0.2) is 58.4 Å². The van der Waals surface area contributed by atoms with Crippen LogP contribution in [-0.4, -0.2) is 38.2 Å². The average Bonchev–Trinajstić information content (AvgIpc) is 3.10. The third kappa shape index (κ3) is 4.94. The van der Waals surface area contributed by atoms with Crippen molar-refractivity contribution < 1.29 is 9.53 Å². The zero-order valence-corrected chi connectivity index (χ0v) is 20.0. The predicted molar refractivity (Wildman–Crippen MR) is 137 cm³/mol. The van der Waals surface area contributed by atoms with E-state index in [4.69, 9.17) is 17.0 Å². The molecule has 1 fully saturated rings. The summed E-state index contributed by atoms with van der Waals surface area (Å²) >= 11 is 6.62. The first-order chi connectivity index (χ1) is 16.0. The molecule has 1 saturated heterocycles. The van der Waals surface area contributed by atoms with E-state index in [1.165, 1.54) is 16.2 Å². The molecule has 0 spiro atoms. The summed E-state index contributed by atoms with van der Waals surface area (Å²) in [5, 5.41) is 3.27. The van der Waals surface area contributed by atoms with Crippen LogP contribution in [0.5, 0.6) is 5.75 Å². The average molecular weight is 481 g/mol. The van der Waals surface area contributed by atoms with Crippen LogP contribution in [0.2, 0.25) is 0 Å². The Bertz CT molecular complexity index is 1290. The van der Waals surface area contributed by atoms with Crippen LogP contribution >= 0.6 is 24.0 Å². The highest BCUT2D eigenvalue weighted by Gasteiger charge is 2.32. The van der Waals surface area contributed by atoms with Crippen molar-refractivity contribution in [1.82, 2.24) is 14.3 Å². The Morgan fingerprint density at radius 2 is 1.97 bits per heavy atom. The van der Waals surface area contributed by atoms with Gasteiger partial charge in [-0.15, -0.1) is 0 Å². The molecule has 170 valence electrons. The molecule has 9 heteroatoms. The van der Waals surface area contributed by atoms with Gasteiger partial charge >= 0.3 is 0 Å². The first-order valence-corrected chi connectivity index (χ1v) is 11.9. The van der Waals surface area contributed by atoms with Crippen LogP contribution in [0.25, 0.3) is 11.7 Å². The van der Waals surface area contributed by atoms with E-state index < -0.39 is 0 Å². The second-order valence-corrected chi connectivity index (χ2v) is 9.17. The number of hydrogen-bond acceptors (Lipinski definition) is 7. The molecular weight excluding hydrogens is 456 g/mol. The number of thiocarbonyl (C=S) groups is 1. The lowest BCUT2D eigenvalue weighted by molar-refractivity contribution is -0.122. The summed E-state index contributed by atoms with van der Waals surface area (Å²) in [4.78, 5) is 33.0. The Morgan fingerprint density at radius 1 is 1.18 bits per heavy atom. The smallest absolute Gasteiger partial charge is 0.267 e. The van der Waals surface area contributed by atoms with Crippen LogP contribution in [-0.2, 0) is 11.3 Å². The van der Waals surface area contributed by atoms with Gasteiger partial charge in [-0.2, -0.15) is 0 Å². The number of nitrogens with zero attached hydrogens (tertiary/aromatic N) is 3. The van der Waals surface area contributed by atoms with Crippen LogP contribution < -0.4 is 15.6 Å². The number of pyridine rings is 1. The molecule has 3 aromatic rings. The molecule has 0 bridgehead atoms. The summed E-state index contributed by atoms with van der Waals surface area (Å²) < 4.78 is 7.20. The molecule has 1 aliphatic heterocycles. The van der Waals surface area contributed by atoms with Gasteiger partial charge in [0.25, 0.3) is 11.5 Å². The fourth-order valence-corrected chi connectivity index (χ4v) is 4.73. The summed E-state index contributed by atoms with van der Waals surface area (Å²) in [6.45, 7) is 3.10. The molecule has 7 nitrogen and oxygen atoms in total. The monoisotopic (exact) mass is 480 g/mol. The lowest BCUT2D eigenvalue weighted by atomic mass is 10.2.